The minimum atomic E-state index is 0.453. The number of halogens is 2. The Morgan fingerprint density at radius 3 is 2.69 bits per heavy atom. The summed E-state index contributed by atoms with van der Waals surface area (Å²) in [5.74, 6) is 0.681. The van der Waals surface area contributed by atoms with Gasteiger partial charge in [-0.2, -0.15) is 0 Å². The molecule has 0 aliphatic rings. The number of aromatic nitrogens is 1. The Balaban J connectivity index is 2.30. The molecule has 82 valence electrons. The highest BCUT2D eigenvalue weighted by Gasteiger charge is 2.02. The fourth-order valence-corrected chi connectivity index (χ4v) is 1.68. The third-order valence-electron chi connectivity index (χ3n) is 2.10. The lowest BCUT2D eigenvalue weighted by Gasteiger charge is -2.08. The SMILES string of the molecule is Cc1ccc(Cl)c(Nc2cccc(Cl)n2)c1. The van der Waals surface area contributed by atoms with Gasteiger partial charge in [0.25, 0.3) is 0 Å². The molecule has 0 aliphatic heterocycles. The summed E-state index contributed by atoms with van der Waals surface area (Å²) >= 11 is 11.9. The predicted molar refractivity (Wildman–Crippen MR) is 68.7 cm³/mol. The van der Waals surface area contributed by atoms with Crippen LogP contribution in [0.3, 0.4) is 0 Å². The molecule has 16 heavy (non-hydrogen) atoms. The van der Waals surface area contributed by atoms with Crippen molar-refractivity contribution in [1.29, 1.82) is 0 Å². The molecule has 0 saturated heterocycles. The van der Waals surface area contributed by atoms with E-state index >= 15 is 0 Å². The average Bonchev–Trinajstić information content (AvgIpc) is 2.24. The van der Waals surface area contributed by atoms with Crippen LogP contribution in [-0.4, -0.2) is 4.98 Å². The second-order valence-electron chi connectivity index (χ2n) is 3.45. The molecule has 0 radical (unpaired) electrons. The zero-order valence-electron chi connectivity index (χ0n) is 8.67. The molecule has 0 saturated carbocycles. The lowest BCUT2D eigenvalue weighted by atomic mass is 10.2. The van der Waals surface area contributed by atoms with E-state index in [9.17, 15) is 0 Å². The van der Waals surface area contributed by atoms with Gasteiger partial charge in [0.15, 0.2) is 0 Å². The summed E-state index contributed by atoms with van der Waals surface area (Å²) in [5.41, 5.74) is 1.96. The molecule has 0 unspecified atom stereocenters. The molecule has 2 nitrogen and oxygen atoms in total. The largest absolute Gasteiger partial charge is 0.339 e. The first-order chi connectivity index (χ1) is 7.65. The average molecular weight is 253 g/mol. The molecule has 2 aromatic rings. The first-order valence-electron chi connectivity index (χ1n) is 4.81. The number of hydrogen-bond acceptors (Lipinski definition) is 2. The fourth-order valence-electron chi connectivity index (χ4n) is 1.35. The summed E-state index contributed by atoms with van der Waals surface area (Å²) in [7, 11) is 0. The molecular weight excluding hydrogens is 243 g/mol. The van der Waals surface area contributed by atoms with E-state index in [1.54, 1.807) is 6.07 Å². The van der Waals surface area contributed by atoms with Crippen molar-refractivity contribution in [1.82, 2.24) is 4.98 Å². The van der Waals surface area contributed by atoms with Crippen LogP contribution in [0.2, 0.25) is 10.2 Å². The quantitative estimate of drug-likeness (QED) is 0.800. The zero-order chi connectivity index (χ0) is 11.5. The van der Waals surface area contributed by atoms with Crippen LogP contribution in [0.4, 0.5) is 11.5 Å². The number of aryl methyl sites for hydroxylation is 1. The van der Waals surface area contributed by atoms with Crippen LogP contribution >= 0.6 is 23.2 Å². The molecule has 0 amide bonds. The van der Waals surface area contributed by atoms with E-state index in [1.807, 2.05) is 37.3 Å². The van der Waals surface area contributed by atoms with Crippen LogP contribution in [0.15, 0.2) is 36.4 Å². The molecule has 4 heteroatoms. The lowest BCUT2D eigenvalue weighted by molar-refractivity contribution is 1.30. The van der Waals surface area contributed by atoms with Gasteiger partial charge < -0.3 is 5.32 Å². The molecule has 0 spiro atoms. The Kier molecular flexibility index (Phi) is 3.32. The maximum Gasteiger partial charge on any atom is 0.132 e. The topological polar surface area (TPSA) is 24.9 Å². The van der Waals surface area contributed by atoms with Crippen LogP contribution in [0.1, 0.15) is 5.56 Å². The number of nitrogens with one attached hydrogen (secondary N) is 1. The normalized spacial score (nSPS) is 10.2. The summed E-state index contributed by atoms with van der Waals surface area (Å²) < 4.78 is 0. The third kappa shape index (κ3) is 2.65. The Morgan fingerprint density at radius 2 is 1.94 bits per heavy atom. The molecule has 0 fully saturated rings. The van der Waals surface area contributed by atoms with Crippen LogP contribution in [0.5, 0.6) is 0 Å². The summed E-state index contributed by atoms with van der Waals surface area (Å²) in [6.45, 7) is 2.01. The monoisotopic (exact) mass is 252 g/mol. The number of pyridine rings is 1. The van der Waals surface area contributed by atoms with Crippen LogP contribution < -0.4 is 5.32 Å². The fraction of sp³-hybridized carbons (Fsp3) is 0.0833. The van der Waals surface area contributed by atoms with Crippen molar-refractivity contribution >= 4 is 34.7 Å². The van der Waals surface area contributed by atoms with Crippen LogP contribution in [0, 0.1) is 6.92 Å². The third-order valence-corrected chi connectivity index (χ3v) is 2.64. The summed E-state index contributed by atoms with van der Waals surface area (Å²) in [6, 6.07) is 11.2. The Bertz CT molecular complexity index is 512. The van der Waals surface area contributed by atoms with E-state index in [4.69, 9.17) is 23.2 Å². The number of hydrogen-bond donors (Lipinski definition) is 1. The van der Waals surface area contributed by atoms with Crippen molar-refractivity contribution < 1.29 is 0 Å². The van der Waals surface area contributed by atoms with Crippen molar-refractivity contribution in [3.8, 4) is 0 Å². The number of benzene rings is 1. The first-order valence-corrected chi connectivity index (χ1v) is 5.56. The van der Waals surface area contributed by atoms with Crippen LogP contribution in [-0.2, 0) is 0 Å². The number of anilines is 2. The Labute approximate surface area is 104 Å². The molecule has 0 atom stereocenters. The van der Waals surface area contributed by atoms with E-state index in [-0.39, 0.29) is 0 Å². The summed E-state index contributed by atoms with van der Waals surface area (Å²) in [5, 5.41) is 4.24. The highest BCUT2D eigenvalue weighted by molar-refractivity contribution is 6.33. The molecule has 1 heterocycles. The minimum absolute atomic E-state index is 0.453. The van der Waals surface area contributed by atoms with Gasteiger partial charge in [-0.25, -0.2) is 4.98 Å². The van der Waals surface area contributed by atoms with E-state index in [0.29, 0.717) is 16.0 Å². The number of rotatable bonds is 2. The van der Waals surface area contributed by atoms with Gasteiger partial charge in [0.2, 0.25) is 0 Å². The van der Waals surface area contributed by atoms with Gasteiger partial charge in [-0.3, -0.25) is 0 Å². The standard InChI is InChI=1S/C12H10Cl2N2/c1-8-5-6-9(13)10(7-8)15-12-4-2-3-11(14)16-12/h2-7H,1H3,(H,15,16). The van der Waals surface area contributed by atoms with Gasteiger partial charge in [-0.1, -0.05) is 35.3 Å². The lowest BCUT2D eigenvalue weighted by Crippen LogP contribution is -1.94. The van der Waals surface area contributed by atoms with Gasteiger partial charge in [0.1, 0.15) is 11.0 Å². The van der Waals surface area contributed by atoms with E-state index in [1.165, 1.54) is 0 Å². The molecule has 2 rings (SSSR count). The second kappa shape index (κ2) is 4.73. The number of nitrogens with zero attached hydrogens (tertiary/aromatic N) is 1. The van der Waals surface area contributed by atoms with Gasteiger partial charge in [-0.05, 0) is 36.8 Å². The van der Waals surface area contributed by atoms with E-state index in [0.717, 1.165) is 11.3 Å². The first kappa shape index (κ1) is 11.2. The van der Waals surface area contributed by atoms with E-state index < -0.39 is 0 Å². The predicted octanol–water partition coefficient (Wildman–Crippen LogP) is 4.44. The summed E-state index contributed by atoms with van der Waals surface area (Å²) in [4.78, 5) is 4.13. The second-order valence-corrected chi connectivity index (χ2v) is 4.25. The highest BCUT2D eigenvalue weighted by atomic mass is 35.5. The molecule has 0 aliphatic carbocycles. The van der Waals surface area contributed by atoms with Crippen molar-refractivity contribution in [2.24, 2.45) is 0 Å². The Hall–Kier alpha value is -1.25. The Morgan fingerprint density at radius 1 is 1.12 bits per heavy atom. The molecular formula is C12H10Cl2N2. The van der Waals surface area contributed by atoms with E-state index in [2.05, 4.69) is 10.3 Å². The van der Waals surface area contributed by atoms with Gasteiger partial charge in [0, 0.05) is 0 Å². The van der Waals surface area contributed by atoms with Crippen molar-refractivity contribution in [3.05, 3.63) is 52.1 Å². The van der Waals surface area contributed by atoms with Gasteiger partial charge >= 0.3 is 0 Å². The van der Waals surface area contributed by atoms with Gasteiger partial charge in [-0.15, -0.1) is 0 Å². The highest BCUT2D eigenvalue weighted by Crippen LogP contribution is 2.25. The summed E-state index contributed by atoms with van der Waals surface area (Å²) in [6.07, 6.45) is 0. The zero-order valence-corrected chi connectivity index (χ0v) is 10.2. The smallest absolute Gasteiger partial charge is 0.132 e. The van der Waals surface area contributed by atoms with Gasteiger partial charge in [0.05, 0.1) is 10.7 Å². The molecule has 0 bridgehead atoms. The maximum atomic E-state index is 6.06. The minimum Gasteiger partial charge on any atom is -0.339 e. The van der Waals surface area contributed by atoms with Crippen molar-refractivity contribution in [2.45, 2.75) is 6.92 Å². The molecule has 1 aromatic heterocycles. The maximum absolute atomic E-state index is 6.06. The molecule has 1 N–H and O–H groups in total. The van der Waals surface area contributed by atoms with Crippen molar-refractivity contribution in [3.63, 3.8) is 0 Å². The van der Waals surface area contributed by atoms with Crippen molar-refractivity contribution in [2.75, 3.05) is 5.32 Å². The molecule has 1 aromatic carbocycles. The van der Waals surface area contributed by atoms with Crippen LogP contribution in [0.25, 0.3) is 0 Å².